The summed E-state index contributed by atoms with van der Waals surface area (Å²) in [4.78, 5) is 0. The molecule has 2 atom stereocenters. The van der Waals surface area contributed by atoms with Gasteiger partial charge in [0.1, 0.15) is 0 Å². The fourth-order valence-corrected chi connectivity index (χ4v) is 2.33. The summed E-state index contributed by atoms with van der Waals surface area (Å²) in [5, 5.41) is 3.72. The molecule has 1 rings (SSSR count). The molecule has 1 nitrogen and oxygen atoms in total. The van der Waals surface area contributed by atoms with Crippen molar-refractivity contribution in [2.75, 3.05) is 6.54 Å². The van der Waals surface area contributed by atoms with Crippen LogP contribution < -0.4 is 5.32 Å². The largest absolute Gasteiger partial charge is 0.313 e. The Balaban J connectivity index is 2.47. The van der Waals surface area contributed by atoms with Crippen molar-refractivity contribution in [3.63, 3.8) is 0 Å². The van der Waals surface area contributed by atoms with Crippen molar-refractivity contribution in [2.24, 2.45) is 16.7 Å². The number of rotatable bonds is 0. The molecule has 0 aliphatic carbocycles. The highest BCUT2D eigenvalue weighted by atomic mass is 14.9. The van der Waals surface area contributed by atoms with E-state index in [2.05, 4.69) is 46.9 Å². The Labute approximate surface area is 89.7 Å². The summed E-state index contributed by atoms with van der Waals surface area (Å²) in [7, 11) is 0. The molecule has 1 aliphatic rings. The van der Waals surface area contributed by atoms with Crippen LogP contribution in [-0.2, 0) is 0 Å². The summed E-state index contributed by atoms with van der Waals surface area (Å²) in [5.74, 6) is 0.848. The molecule has 0 spiro atoms. The quantitative estimate of drug-likeness (QED) is 0.627. The van der Waals surface area contributed by atoms with Gasteiger partial charge < -0.3 is 5.32 Å². The van der Waals surface area contributed by atoms with E-state index in [0.717, 1.165) is 5.92 Å². The number of hydrogen-bond acceptors (Lipinski definition) is 1. The first kappa shape index (κ1) is 12.0. The second kappa shape index (κ2) is 3.84. The van der Waals surface area contributed by atoms with Crippen LogP contribution in [0.15, 0.2) is 0 Å². The van der Waals surface area contributed by atoms with Crippen molar-refractivity contribution in [3.05, 3.63) is 0 Å². The molecule has 0 radical (unpaired) electrons. The van der Waals surface area contributed by atoms with Gasteiger partial charge >= 0.3 is 0 Å². The third-order valence-electron chi connectivity index (χ3n) is 3.68. The van der Waals surface area contributed by atoms with Gasteiger partial charge in [-0.25, -0.2) is 0 Å². The fourth-order valence-electron chi connectivity index (χ4n) is 2.33. The zero-order chi connectivity index (χ0) is 11.0. The van der Waals surface area contributed by atoms with Crippen LogP contribution in [0.5, 0.6) is 0 Å². The molecule has 1 heteroatoms. The predicted molar refractivity (Wildman–Crippen MR) is 63.4 cm³/mol. The van der Waals surface area contributed by atoms with E-state index in [9.17, 15) is 0 Å². The second-order valence-corrected chi connectivity index (χ2v) is 6.97. The van der Waals surface area contributed by atoms with Crippen LogP contribution in [0, 0.1) is 16.7 Å². The minimum Gasteiger partial charge on any atom is -0.313 e. The molecular formula is C13H27N. The van der Waals surface area contributed by atoms with E-state index in [1.165, 1.54) is 19.4 Å². The van der Waals surface area contributed by atoms with E-state index in [1.54, 1.807) is 0 Å². The lowest BCUT2D eigenvalue weighted by atomic mass is 9.72. The average Bonchev–Trinajstić information content (AvgIpc) is 2.01. The maximum absolute atomic E-state index is 3.72. The first-order chi connectivity index (χ1) is 6.21. The Morgan fingerprint density at radius 1 is 0.857 bits per heavy atom. The Morgan fingerprint density at radius 3 is 1.71 bits per heavy atom. The first-order valence-corrected chi connectivity index (χ1v) is 5.94. The minimum atomic E-state index is 0.419. The lowest BCUT2D eigenvalue weighted by molar-refractivity contribution is 0.128. The molecule has 0 amide bonds. The summed E-state index contributed by atoms with van der Waals surface area (Å²) in [6.07, 6.45) is 2.73. The highest BCUT2D eigenvalue weighted by Gasteiger charge is 2.33. The van der Waals surface area contributed by atoms with Gasteiger partial charge in [-0.1, -0.05) is 41.5 Å². The second-order valence-electron chi connectivity index (χ2n) is 6.97. The van der Waals surface area contributed by atoms with E-state index >= 15 is 0 Å². The molecule has 84 valence electrons. The highest BCUT2D eigenvalue weighted by molar-refractivity contribution is 4.89. The highest BCUT2D eigenvalue weighted by Crippen LogP contribution is 2.35. The van der Waals surface area contributed by atoms with Crippen molar-refractivity contribution in [3.8, 4) is 0 Å². The van der Waals surface area contributed by atoms with Gasteiger partial charge in [0.15, 0.2) is 0 Å². The lowest BCUT2D eigenvalue weighted by Crippen LogP contribution is -2.48. The van der Waals surface area contributed by atoms with Crippen LogP contribution in [0.1, 0.15) is 54.4 Å². The van der Waals surface area contributed by atoms with Gasteiger partial charge in [-0.05, 0) is 36.1 Å². The number of piperidine rings is 1. The van der Waals surface area contributed by atoms with Crippen molar-refractivity contribution in [1.82, 2.24) is 5.32 Å². The third-order valence-corrected chi connectivity index (χ3v) is 3.68. The molecule has 1 saturated heterocycles. The lowest BCUT2D eigenvalue weighted by Gasteiger charge is -2.42. The fraction of sp³-hybridized carbons (Fsp3) is 1.00. The molecule has 0 aromatic carbocycles. The molecule has 0 aromatic heterocycles. The van der Waals surface area contributed by atoms with Crippen LogP contribution in [0.3, 0.4) is 0 Å². The maximum atomic E-state index is 3.72. The van der Waals surface area contributed by atoms with Crippen LogP contribution >= 0.6 is 0 Å². The van der Waals surface area contributed by atoms with Crippen LogP contribution in [0.4, 0.5) is 0 Å². The Hall–Kier alpha value is -0.0400. The van der Waals surface area contributed by atoms with E-state index in [4.69, 9.17) is 0 Å². The number of nitrogens with one attached hydrogen (secondary N) is 1. The minimum absolute atomic E-state index is 0.419. The molecular weight excluding hydrogens is 170 g/mol. The smallest absolute Gasteiger partial charge is 0.0116 e. The summed E-state index contributed by atoms with van der Waals surface area (Å²) >= 11 is 0. The van der Waals surface area contributed by atoms with Gasteiger partial charge in [-0.2, -0.15) is 0 Å². The van der Waals surface area contributed by atoms with Crippen molar-refractivity contribution in [2.45, 2.75) is 60.4 Å². The van der Waals surface area contributed by atoms with Gasteiger partial charge in [0.2, 0.25) is 0 Å². The summed E-state index contributed by atoms with van der Waals surface area (Å²) in [6.45, 7) is 15.3. The van der Waals surface area contributed by atoms with E-state index < -0.39 is 0 Å². The molecule has 0 saturated carbocycles. The predicted octanol–water partition coefficient (Wildman–Crippen LogP) is 3.45. The van der Waals surface area contributed by atoms with Crippen molar-refractivity contribution >= 4 is 0 Å². The van der Waals surface area contributed by atoms with Crippen LogP contribution in [-0.4, -0.2) is 12.6 Å². The van der Waals surface area contributed by atoms with Gasteiger partial charge in [-0.15, -0.1) is 0 Å². The maximum Gasteiger partial charge on any atom is 0.0116 e. The van der Waals surface area contributed by atoms with Crippen LogP contribution in [0.25, 0.3) is 0 Å². The Morgan fingerprint density at radius 2 is 1.43 bits per heavy atom. The van der Waals surface area contributed by atoms with E-state index in [1.807, 2.05) is 0 Å². The number of hydrogen-bond donors (Lipinski definition) is 1. The Kier molecular flexibility index (Phi) is 3.30. The molecule has 1 aliphatic heterocycles. The van der Waals surface area contributed by atoms with E-state index in [0.29, 0.717) is 16.9 Å². The molecule has 1 N–H and O–H groups in total. The van der Waals surface area contributed by atoms with Crippen molar-refractivity contribution < 1.29 is 0 Å². The Bertz CT molecular complexity index is 152. The van der Waals surface area contributed by atoms with Gasteiger partial charge in [-0.3, -0.25) is 0 Å². The van der Waals surface area contributed by atoms with E-state index in [-0.39, 0.29) is 0 Å². The molecule has 14 heavy (non-hydrogen) atoms. The molecule has 1 unspecified atom stereocenters. The monoisotopic (exact) mass is 197 g/mol. The van der Waals surface area contributed by atoms with Gasteiger partial charge in [0.25, 0.3) is 0 Å². The van der Waals surface area contributed by atoms with Crippen molar-refractivity contribution in [1.29, 1.82) is 0 Å². The summed E-state index contributed by atoms with van der Waals surface area (Å²) in [5.41, 5.74) is 0.888. The molecule has 1 fully saturated rings. The third kappa shape index (κ3) is 2.98. The topological polar surface area (TPSA) is 12.0 Å². The SMILES string of the molecule is CC(C)(C)C1CC[C@H](C(C)(C)C)NC1. The first-order valence-electron chi connectivity index (χ1n) is 5.94. The van der Waals surface area contributed by atoms with Crippen LogP contribution in [0.2, 0.25) is 0 Å². The zero-order valence-corrected chi connectivity index (χ0v) is 10.8. The van der Waals surface area contributed by atoms with Gasteiger partial charge in [0.05, 0.1) is 0 Å². The summed E-state index contributed by atoms with van der Waals surface area (Å²) < 4.78 is 0. The molecule has 0 bridgehead atoms. The zero-order valence-electron chi connectivity index (χ0n) is 10.8. The molecule has 1 heterocycles. The average molecular weight is 197 g/mol. The normalized spacial score (nSPS) is 30.4. The standard InChI is InChI=1S/C13H27N/c1-12(2,3)10-7-8-11(14-9-10)13(4,5)6/h10-11,14H,7-9H2,1-6H3/t10?,11-/m1/s1. The van der Waals surface area contributed by atoms with Gasteiger partial charge in [0, 0.05) is 6.04 Å². The summed E-state index contributed by atoms with van der Waals surface area (Å²) in [6, 6.07) is 0.709. The molecule has 0 aromatic rings.